The normalized spacial score (nSPS) is 10.6. The molecule has 1 amide bonds. The molecule has 4 N–H and O–H groups in total. The van der Waals surface area contributed by atoms with Gasteiger partial charge < -0.3 is 10.8 Å². The molecule has 0 saturated heterocycles. The number of hydrogen-bond acceptors (Lipinski definition) is 5. The minimum absolute atomic E-state index is 0.00623. The molecule has 1 aromatic heterocycles. The first kappa shape index (κ1) is 21.7. The van der Waals surface area contributed by atoms with Gasteiger partial charge in [-0.3, -0.25) is 9.52 Å². The van der Waals surface area contributed by atoms with Crippen LogP contribution >= 0.6 is 50.5 Å². The molecule has 0 saturated carbocycles. The van der Waals surface area contributed by atoms with Crippen LogP contribution in [0.15, 0.2) is 28.1 Å². The molecule has 1 aromatic carbocycles. The smallest absolute Gasteiger partial charge is 0.345 e. The average molecular weight is 490 g/mol. The fourth-order valence-electron chi connectivity index (χ4n) is 1.43. The number of benzene rings is 1. The van der Waals surface area contributed by atoms with Gasteiger partial charge in [-0.15, -0.1) is 11.3 Å². The van der Waals surface area contributed by atoms with Crippen molar-refractivity contribution in [1.29, 1.82) is 0 Å². The van der Waals surface area contributed by atoms with E-state index < -0.39 is 21.9 Å². The molecule has 0 radical (unpaired) electrons. The van der Waals surface area contributed by atoms with Crippen LogP contribution in [0.25, 0.3) is 0 Å². The van der Waals surface area contributed by atoms with Gasteiger partial charge in [-0.2, -0.15) is 0 Å². The molecule has 136 valence electrons. The Morgan fingerprint density at radius 3 is 2.04 bits per heavy atom. The Bertz CT molecular complexity index is 892. The zero-order chi connectivity index (χ0) is 19.4. The van der Waals surface area contributed by atoms with E-state index in [1.165, 1.54) is 23.5 Å². The van der Waals surface area contributed by atoms with E-state index in [1.54, 1.807) is 12.1 Å². The number of sulfonamides is 1. The summed E-state index contributed by atoms with van der Waals surface area (Å²) in [6, 6.07) is 5.76. The number of carboxylic acid groups (broad SMARTS) is 1. The van der Waals surface area contributed by atoms with E-state index in [2.05, 4.69) is 20.7 Å². The molecule has 0 aliphatic rings. The van der Waals surface area contributed by atoms with Gasteiger partial charge in [0.05, 0.1) is 25.8 Å². The maximum absolute atomic E-state index is 11.0. The number of thiophene rings is 1. The second kappa shape index (κ2) is 8.86. The van der Waals surface area contributed by atoms with E-state index in [0.29, 0.717) is 4.88 Å². The third-order valence-electron chi connectivity index (χ3n) is 2.40. The molecular formula is C13H11BrCl2N2O5S2. The minimum Gasteiger partial charge on any atom is -0.477 e. The molecule has 0 fully saturated rings. The summed E-state index contributed by atoms with van der Waals surface area (Å²) >= 11 is 15.9. The molecule has 0 aliphatic heterocycles. The van der Waals surface area contributed by atoms with Crippen LogP contribution in [0.2, 0.25) is 10.0 Å². The Morgan fingerprint density at radius 1 is 1.24 bits per heavy atom. The van der Waals surface area contributed by atoms with Gasteiger partial charge in [0.15, 0.2) is 0 Å². The first-order chi connectivity index (χ1) is 11.4. The molecule has 7 nitrogen and oxygen atoms in total. The van der Waals surface area contributed by atoms with E-state index in [0.717, 1.165) is 10.0 Å². The molecule has 0 unspecified atom stereocenters. The van der Waals surface area contributed by atoms with Gasteiger partial charge in [0, 0.05) is 5.56 Å². The van der Waals surface area contributed by atoms with Gasteiger partial charge in [-0.1, -0.05) is 23.2 Å². The van der Waals surface area contributed by atoms with Crippen molar-refractivity contribution in [3.63, 3.8) is 0 Å². The number of nitrogens with one attached hydrogen (secondary N) is 1. The largest absolute Gasteiger partial charge is 0.477 e. The predicted octanol–water partition coefficient (Wildman–Crippen LogP) is 3.67. The second-order valence-corrected chi connectivity index (χ2v) is 9.49. The SMILES string of the molecule is CS(=O)(=O)Nc1c(Cl)cc(C(N)=O)cc1Cl.O=C(O)c1ccc(Br)s1. The second-order valence-electron chi connectivity index (χ2n) is 4.46. The Hall–Kier alpha value is -1.33. The van der Waals surface area contributed by atoms with Crippen molar-refractivity contribution in [2.75, 3.05) is 11.0 Å². The number of carboxylic acids is 1. The van der Waals surface area contributed by atoms with Gasteiger partial charge in [-0.05, 0) is 40.2 Å². The lowest BCUT2D eigenvalue weighted by atomic mass is 10.2. The van der Waals surface area contributed by atoms with Crippen LogP contribution in [0.5, 0.6) is 0 Å². The molecule has 12 heteroatoms. The number of carbonyl (C=O) groups excluding carboxylic acids is 1. The molecule has 1 heterocycles. The highest BCUT2D eigenvalue weighted by atomic mass is 79.9. The van der Waals surface area contributed by atoms with E-state index in [9.17, 15) is 18.0 Å². The first-order valence-corrected chi connectivity index (χ1v) is 10.4. The van der Waals surface area contributed by atoms with Crippen LogP contribution in [0.4, 0.5) is 5.69 Å². The fraction of sp³-hybridized carbons (Fsp3) is 0.0769. The van der Waals surface area contributed by atoms with Crippen LogP contribution in [0.3, 0.4) is 0 Å². The van der Waals surface area contributed by atoms with Crippen LogP contribution < -0.4 is 10.5 Å². The lowest BCUT2D eigenvalue weighted by molar-refractivity contribution is 0.0702. The number of nitrogens with two attached hydrogens (primary N) is 1. The van der Waals surface area contributed by atoms with Crippen LogP contribution in [0, 0.1) is 0 Å². The zero-order valence-electron chi connectivity index (χ0n) is 12.4. The van der Waals surface area contributed by atoms with Crippen molar-refractivity contribution in [2.24, 2.45) is 5.73 Å². The summed E-state index contributed by atoms with van der Waals surface area (Å²) in [5.74, 6) is -1.57. The van der Waals surface area contributed by atoms with Gasteiger partial charge in [-0.25, -0.2) is 13.2 Å². The van der Waals surface area contributed by atoms with Gasteiger partial charge in [0.2, 0.25) is 15.9 Å². The number of aromatic carboxylic acids is 1. The monoisotopic (exact) mass is 488 g/mol. The number of anilines is 1. The summed E-state index contributed by atoms with van der Waals surface area (Å²) < 4.78 is 25.0. The molecule has 25 heavy (non-hydrogen) atoms. The van der Waals surface area contributed by atoms with Gasteiger partial charge >= 0.3 is 5.97 Å². The molecule has 0 spiro atoms. The highest BCUT2D eigenvalue weighted by Crippen LogP contribution is 2.32. The number of primary amides is 1. The summed E-state index contributed by atoms with van der Waals surface area (Å²) in [6.07, 6.45) is 0.960. The molecular weight excluding hydrogens is 479 g/mol. The van der Waals surface area contributed by atoms with Crippen LogP contribution in [-0.2, 0) is 10.0 Å². The lowest BCUT2D eigenvalue weighted by Crippen LogP contribution is -2.13. The molecule has 2 rings (SSSR count). The Morgan fingerprint density at radius 2 is 1.76 bits per heavy atom. The van der Waals surface area contributed by atoms with Crippen molar-refractivity contribution in [2.45, 2.75) is 0 Å². The number of carbonyl (C=O) groups is 2. The summed E-state index contributed by atoms with van der Waals surface area (Å²) in [5.41, 5.74) is 5.16. The minimum atomic E-state index is -3.49. The zero-order valence-corrected chi connectivity index (χ0v) is 17.1. The van der Waals surface area contributed by atoms with E-state index in [4.69, 9.17) is 34.0 Å². The third-order valence-corrected chi connectivity index (χ3v) is 5.18. The Balaban J connectivity index is 0.000000293. The van der Waals surface area contributed by atoms with Crippen molar-refractivity contribution >= 4 is 78.1 Å². The van der Waals surface area contributed by atoms with Crippen molar-refractivity contribution in [1.82, 2.24) is 0 Å². The van der Waals surface area contributed by atoms with E-state index in [1.807, 2.05) is 0 Å². The molecule has 0 bridgehead atoms. The maximum atomic E-state index is 11.0. The number of halogens is 3. The average Bonchev–Trinajstić information content (AvgIpc) is 2.89. The Labute approximate surface area is 165 Å². The molecule has 0 atom stereocenters. The number of rotatable bonds is 4. The Kier molecular flexibility index (Phi) is 7.69. The van der Waals surface area contributed by atoms with E-state index >= 15 is 0 Å². The van der Waals surface area contributed by atoms with Crippen molar-refractivity contribution in [3.8, 4) is 0 Å². The lowest BCUT2D eigenvalue weighted by Gasteiger charge is -2.09. The quantitative estimate of drug-likeness (QED) is 0.603. The predicted molar refractivity (Wildman–Crippen MR) is 102 cm³/mol. The van der Waals surface area contributed by atoms with Gasteiger partial charge in [0.1, 0.15) is 4.88 Å². The van der Waals surface area contributed by atoms with Crippen LogP contribution in [-0.4, -0.2) is 31.7 Å². The molecule has 2 aromatic rings. The summed E-state index contributed by atoms with van der Waals surface area (Å²) in [5, 5.41) is 8.40. The highest BCUT2D eigenvalue weighted by molar-refractivity contribution is 9.11. The van der Waals surface area contributed by atoms with Crippen molar-refractivity contribution < 1.29 is 23.1 Å². The molecule has 0 aliphatic carbocycles. The summed E-state index contributed by atoms with van der Waals surface area (Å²) in [4.78, 5) is 21.4. The third kappa shape index (κ3) is 7.20. The maximum Gasteiger partial charge on any atom is 0.345 e. The summed E-state index contributed by atoms with van der Waals surface area (Å²) in [6.45, 7) is 0. The van der Waals surface area contributed by atoms with E-state index in [-0.39, 0.29) is 21.3 Å². The topological polar surface area (TPSA) is 127 Å². The highest BCUT2D eigenvalue weighted by Gasteiger charge is 2.14. The summed E-state index contributed by atoms with van der Waals surface area (Å²) in [7, 11) is -3.49. The van der Waals surface area contributed by atoms with Crippen molar-refractivity contribution in [3.05, 3.63) is 48.5 Å². The number of amides is 1. The standard InChI is InChI=1S/C8H8Cl2N2O3S.C5H3BrO2S/c1-16(14,15)12-7-5(9)2-4(8(11)13)3-6(7)10;6-4-2-1-3(9-4)5(7)8/h2-3,12H,1H3,(H2,11,13);1-2H,(H,7,8). The fourth-order valence-corrected chi connectivity index (χ4v) is 3.94. The first-order valence-electron chi connectivity index (χ1n) is 6.16. The van der Waals surface area contributed by atoms with Crippen LogP contribution in [0.1, 0.15) is 20.0 Å². The van der Waals surface area contributed by atoms with Gasteiger partial charge in [0.25, 0.3) is 0 Å². The number of hydrogen-bond donors (Lipinski definition) is 3.